The molecule has 0 radical (unpaired) electrons. The van der Waals surface area contributed by atoms with Gasteiger partial charge in [0.1, 0.15) is 0 Å². The standard InChI is InChI=1S/6CN.CH3.Fe/c6*1-2;;/h;;;;;;1H3;/q7*-1;. The number of nitrogens with zero attached hydrogens (tertiary/aromatic N) is 6. The van der Waals surface area contributed by atoms with Gasteiger partial charge in [-0.25, -0.2) is 0 Å². The van der Waals surface area contributed by atoms with Crippen LogP contribution in [0.25, 0.3) is 0 Å². The van der Waals surface area contributed by atoms with Crippen LogP contribution >= 0.6 is 0 Å². The molecule has 14 heavy (non-hydrogen) atoms. The molecule has 0 aromatic rings. The minimum absolute atomic E-state index is 0. The van der Waals surface area contributed by atoms with Crippen LogP contribution in [0.15, 0.2) is 0 Å². The number of rotatable bonds is 0. The first-order chi connectivity index (χ1) is 6.00. The molecule has 0 aliphatic rings. The third-order valence-corrected chi connectivity index (χ3v) is 0. The molecule has 7 heteroatoms. The maximum atomic E-state index is 6.25. The van der Waals surface area contributed by atoms with Gasteiger partial charge in [0.15, 0.2) is 0 Å². The van der Waals surface area contributed by atoms with E-state index in [0.717, 1.165) is 0 Å². The third-order valence-electron chi connectivity index (χ3n) is 0. The molecule has 0 aliphatic heterocycles. The van der Waals surface area contributed by atoms with E-state index in [1.807, 2.05) is 0 Å². The van der Waals surface area contributed by atoms with Crippen LogP contribution < -0.4 is 0 Å². The van der Waals surface area contributed by atoms with Gasteiger partial charge in [0.25, 0.3) is 0 Å². The van der Waals surface area contributed by atoms with Crippen molar-refractivity contribution < 1.29 is 17.1 Å². The number of hydrogen-bond donors (Lipinski definition) is 0. The van der Waals surface area contributed by atoms with Crippen molar-refractivity contribution in [2.45, 2.75) is 0 Å². The summed E-state index contributed by atoms with van der Waals surface area (Å²) in [5.41, 5.74) is 0. The van der Waals surface area contributed by atoms with E-state index >= 15 is 0 Å². The summed E-state index contributed by atoms with van der Waals surface area (Å²) in [5.74, 6) is 0. The molecule has 0 aromatic carbocycles. The Hall–Kier alpha value is -2.54. The van der Waals surface area contributed by atoms with Crippen LogP contribution in [-0.2, 0) is 17.1 Å². The molecule has 76 valence electrons. The Morgan fingerprint density at radius 3 is 0.357 bits per heavy atom. The van der Waals surface area contributed by atoms with Gasteiger partial charge in [-0.1, -0.05) is 0 Å². The van der Waals surface area contributed by atoms with Crippen LogP contribution in [0.2, 0.25) is 0 Å². The second-order valence-electron chi connectivity index (χ2n) is 0. The summed E-state index contributed by atoms with van der Waals surface area (Å²) in [6.45, 7) is 28.5. The SMILES string of the molecule is [C-]#N.[C-]#N.[C-]#N.[C-]#N.[C-]#N.[C-]#N.[CH3-].[Fe]. The average molecular weight is 227 g/mol. The maximum absolute atomic E-state index is 6.25. The van der Waals surface area contributed by atoms with Crippen molar-refractivity contribution in [3.63, 3.8) is 0 Å². The van der Waals surface area contributed by atoms with E-state index in [4.69, 9.17) is 71.0 Å². The van der Waals surface area contributed by atoms with Gasteiger partial charge in [-0.05, 0) is 0 Å². The molecule has 0 fully saturated rings. The summed E-state index contributed by atoms with van der Waals surface area (Å²) >= 11 is 0. The van der Waals surface area contributed by atoms with E-state index in [-0.39, 0.29) is 24.5 Å². The monoisotopic (exact) mass is 227 g/mol. The zero-order valence-electron chi connectivity index (χ0n) is 7.04. The minimum atomic E-state index is 0. The van der Waals surface area contributed by atoms with Crippen LogP contribution in [0.1, 0.15) is 0 Å². The van der Waals surface area contributed by atoms with Gasteiger partial charge in [0.2, 0.25) is 0 Å². The molecule has 0 atom stereocenters. The first kappa shape index (κ1) is 105. The molecule has 0 aromatic heterocycles. The predicted molar refractivity (Wildman–Crippen MR) is 36.2 cm³/mol. The summed E-state index contributed by atoms with van der Waals surface area (Å²) in [6, 6.07) is 0. The number of hydrogen-bond acceptors (Lipinski definition) is 6. The molecule has 0 heterocycles. The Morgan fingerprint density at radius 2 is 0.357 bits per heavy atom. The maximum Gasteiger partial charge on any atom is 0 e. The normalized spacial score (nSPS) is 0.857. The first-order valence-corrected chi connectivity index (χ1v) is 1.34. The van der Waals surface area contributed by atoms with E-state index in [1.165, 1.54) is 0 Å². The summed E-state index contributed by atoms with van der Waals surface area (Å²) in [7, 11) is 0. The average Bonchev–Trinajstić information content (AvgIpc) is 2.33. The van der Waals surface area contributed by atoms with Crippen molar-refractivity contribution in [3.8, 4) is 0 Å². The summed E-state index contributed by atoms with van der Waals surface area (Å²) < 4.78 is 0. The van der Waals surface area contributed by atoms with Crippen molar-refractivity contribution in [1.29, 1.82) is 31.6 Å². The van der Waals surface area contributed by atoms with Gasteiger partial charge >= 0.3 is 0 Å². The molecule has 0 amide bonds. The Kier molecular flexibility index (Phi) is 1090. The van der Waals surface area contributed by atoms with Gasteiger partial charge in [-0.15, -0.1) is 0 Å². The van der Waals surface area contributed by atoms with Crippen molar-refractivity contribution in [2.24, 2.45) is 0 Å². The Balaban J connectivity index is -0.00000000500. The molecule has 0 spiro atoms. The molecule has 0 bridgehead atoms. The topological polar surface area (TPSA) is 143 Å². The van der Waals surface area contributed by atoms with Gasteiger partial charge in [-0.3, -0.25) is 0 Å². The fourth-order valence-electron chi connectivity index (χ4n) is 0. The molecule has 0 N–H and O–H groups in total. The van der Waals surface area contributed by atoms with E-state index in [9.17, 15) is 0 Å². The minimum Gasteiger partial charge on any atom is -0.512 e. The molecule has 6 nitrogen and oxygen atoms in total. The summed E-state index contributed by atoms with van der Waals surface area (Å²) in [5, 5.41) is 37.5. The Labute approximate surface area is 95.9 Å². The molecule has 0 rings (SSSR count). The van der Waals surface area contributed by atoms with Crippen molar-refractivity contribution in [2.75, 3.05) is 0 Å². The third kappa shape index (κ3) is 105. The fraction of sp³-hybridized carbons (Fsp3) is 0. The smallest absolute Gasteiger partial charge is 0 e. The molecular formula is C7H3FeN6-7. The second kappa shape index (κ2) is 145. The van der Waals surface area contributed by atoms with E-state index in [1.54, 1.807) is 0 Å². The van der Waals surface area contributed by atoms with E-state index < -0.39 is 0 Å². The molecule has 0 unspecified atom stereocenters. The first-order valence-electron chi connectivity index (χ1n) is 1.34. The molecule has 0 saturated heterocycles. The van der Waals surface area contributed by atoms with Gasteiger partial charge in [0.05, 0.1) is 0 Å². The van der Waals surface area contributed by atoms with Crippen LogP contribution in [0.5, 0.6) is 0 Å². The molecule has 0 saturated carbocycles. The van der Waals surface area contributed by atoms with E-state index in [0.29, 0.717) is 0 Å². The zero-order chi connectivity index (χ0) is 12.0. The van der Waals surface area contributed by atoms with Crippen molar-refractivity contribution >= 4 is 0 Å². The van der Waals surface area contributed by atoms with Crippen LogP contribution in [0, 0.1) is 78.4 Å². The quantitative estimate of drug-likeness (QED) is 0.446. The zero-order valence-corrected chi connectivity index (χ0v) is 8.14. The van der Waals surface area contributed by atoms with Crippen molar-refractivity contribution in [1.82, 2.24) is 0 Å². The Bertz CT molecular complexity index is 93.2. The fourth-order valence-corrected chi connectivity index (χ4v) is 0. The van der Waals surface area contributed by atoms with Crippen LogP contribution in [0.4, 0.5) is 0 Å². The summed E-state index contributed by atoms with van der Waals surface area (Å²) in [4.78, 5) is 0. The molecular weight excluding hydrogens is 224 g/mol. The largest absolute Gasteiger partial charge is 0.512 e. The van der Waals surface area contributed by atoms with Gasteiger partial charge in [-0.2, -0.15) is 0 Å². The molecule has 0 aliphatic carbocycles. The van der Waals surface area contributed by atoms with Crippen LogP contribution in [-0.4, -0.2) is 0 Å². The predicted octanol–water partition coefficient (Wildman–Crippen LogP) is 1.03. The second-order valence-corrected chi connectivity index (χ2v) is 0. The van der Waals surface area contributed by atoms with Gasteiger partial charge < -0.3 is 78.4 Å². The van der Waals surface area contributed by atoms with Crippen LogP contribution in [0.3, 0.4) is 0 Å². The van der Waals surface area contributed by atoms with E-state index in [2.05, 4.69) is 0 Å². The van der Waals surface area contributed by atoms with Crippen molar-refractivity contribution in [3.05, 3.63) is 46.9 Å². The summed E-state index contributed by atoms with van der Waals surface area (Å²) in [6.07, 6.45) is 0. The Morgan fingerprint density at radius 1 is 0.357 bits per heavy atom. The van der Waals surface area contributed by atoms with Gasteiger partial charge in [0, 0.05) is 17.1 Å².